The van der Waals surface area contributed by atoms with Crippen LogP contribution in [0.5, 0.6) is 0 Å². The number of rotatable bonds is 3. The van der Waals surface area contributed by atoms with Crippen LogP contribution in [0.2, 0.25) is 0 Å². The highest BCUT2D eigenvalue weighted by Crippen LogP contribution is 2.30. The number of halogens is 3. The summed E-state index contributed by atoms with van der Waals surface area (Å²) >= 11 is 0. The standard InChI is InChI=1S/C20H21F3N2O4/c21-20(22,23)13-6-3-5-12(11-13)17(26)24-15-9-2-1-7-14-8-4-10-16(19(28)29)25(14)18(15)27/h1-3,5-6,11,14-16H,4,7-10H2,(H,24,26)(H,28,29)/t14-,15-,16-/m0/s1. The lowest BCUT2D eigenvalue weighted by atomic mass is 9.90. The van der Waals surface area contributed by atoms with Crippen LogP contribution in [0.25, 0.3) is 0 Å². The summed E-state index contributed by atoms with van der Waals surface area (Å²) in [6, 6.07) is 1.65. The van der Waals surface area contributed by atoms with E-state index in [1.54, 1.807) is 6.08 Å². The predicted molar refractivity (Wildman–Crippen MR) is 97.0 cm³/mol. The van der Waals surface area contributed by atoms with Crippen molar-refractivity contribution in [3.63, 3.8) is 0 Å². The Morgan fingerprint density at radius 1 is 1.14 bits per heavy atom. The Hall–Kier alpha value is -2.84. The maximum absolute atomic E-state index is 13.1. The summed E-state index contributed by atoms with van der Waals surface area (Å²) in [6.07, 6.45) is 1.33. The molecule has 0 saturated carbocycles. The van der Waals surface area contributed by atoms with Gasteiger partial charge in [-0.1, -0.05) is 18.2 Å². The Labute approximate surface area is 165 Å². The van der Waals surface area contributed by atoms with E-state index < -0.39 is 41.6 Å². The number of hydrogen-bond acceptors (Lipinski definition) is 3. The predicted octanol–water partition coefficient (Wildman–Crippen LogP) is 2.99. The van der Waals surface area contributed by atoms with Gasteiger partial charge in [-0.05, 0) is 50.3 Å². The van der Waals surface area contributed by atoms with Gasteiger partial charge in [0.15, 0.2) is 0 Å². The monoisotopic (exact) mass is 410 g/mol. The lowest BCUT2D eigenvalue weighted by Crippen LogP contribution is -2.59. The van der Waals surface area contributed by atoms with E-state index in [1.165, 1.54) is 11.0 Å². The Morgan fingerprint density at radius 2 is 1.86 bits per heavy atom. The van der Waals surface area contributed by atoms with Gasteiger partial charge in [0, 0.05) is 11.6 Å². The number of carbonyl (C=O) groups excluding carboxylic acids is 2. The zero-order valence-electron chi connectivity index (χ0n) is 15.5. The highest BCUT2D eigenvalue weighted by atomic mass is 19.4. The van der Waals surface area contributed by atoms with E-state index in [1.807, 2.05) is 6.08 Å². The normalized spacial score (nSPS) is 25.0. The molecule has 9 heteroatoms. The fraction of sp³-hybridized carbons (Fsp3) is 0.450. The Morgan fingerprint density at radius 3 is 2.55 bits per heavy atom. The van der Waals surface area contributed by atoms with Gasteiger partial charge >= 0.3 is 12.1 Å². The number of aliphatic carboxylic acids is 1. The molecular weight excluding hydrogens is 389 g/mol. The molecule has 1 aromatic rings. The van der Waals surface area contributed by atoms with Crippen molar-refractivity contribution < 1.29 is 32.7 Å². The smallest absolute Gasteiger partial charge is 0.416 e. The SMILES string of the molecule is O=C(N[C@H]1CC=CC[C@H]2CCC[C@@H](C(=O)O)N2C1=O)c1cccc(C(F)(F)F)c1. The Kier molecular flexibility index (Phi) is 5.95. The van der Waals surface area contributed by atoms with E-state index in [0.29, 0.717) is 25.7 Å². The minimum absolute atomic E-state index is 0.138. The molecule has 0 bridgehead atoms. The molecule has 6 nitrogen and oxygen atoms in total. The quantitative estimate of drug-likeness (QED) is 0.750. The second-order valence-electron chi connectivity index (χ2n) is 7.23. The number of alkyl halides is 3. The fourth-order valence-electron chi connectivity index (χ4n) is 3.85. The largest absolute Gasteiger partial charge is 0.480 e. The summed E-state index contributed by atoms with van der Waals surface area (Å²) in [4.78, 5) is 38.6. The van der Waals surface area contributed by atoms with E-state index in [-0.39, 0.29) is 18.0 Å². The first-order valence-corrected chi connectivity index (χ1v) is 9.36. The molecule has 156 valence electrons. The van der Waals surface area contributed by atoms with E-state index >= 15 is 0 Å². The number of carboxylic acid groups (broad SMARTS) is 1. The minimum atomic E-state index is -4.59. The van der Waals surface area contributed by atoms with Crippen LogP contribution in [0.3, 0.4) is 0 Å². The van der Waals surface area contributed by atoms with Crippen LogP contribution in [0.15, 0.2) is 36.4 Å². The molecule has 2 aliphatic rings. The van der Waals surface area contributed by atoms with Crippen LogP contribution in [0.1, 0.15) is 48.0 Å². The van der Waals surface area contributed by atoms with Gasteiger partial charge in [-0.15, -0.1) is 0 Å². The molecule has 2 N–H and O–H groups in total. The highest BCUT2D eigenvalue weighted by molar-refractivity contribution is 5.98. The lowest BCUT2D eigenvalue weighted by Gasteiger charge is -2.42. The van der Waals surface area contributed by atoms with Crippen LogP contribution in [0, 0.1) is 0 Å². The van der Waals surface area contributed by atoms with Gasteiger partial charge in [-0.3, -0.25) is 9.59 Å². The van der Waals surface area contributed by atoms with Crippen molar-refractivity contribution >= 4 is 17.8 Å². The number of piperidine rings is 1. The fourth-order valence-corrected chi connectivity index (χ4v) is 3.85. The van der Waals surface area contributed by atoms with Gasteiger partial charge in [0.1, 0.15) is 12.1 Å². The molecule has 0 unspecified atom stereocenters. The van der Waals surface area contributed by atoms with Gasteiger partial charge in [0.05, 0.1) is 5.56 Å². The van der Waals surface area contributed by atoms with Crippen LogP contribution < -0.4 is 5.32 Å². The molecule has 1 saturated heterocycles. The molecule has 2 heterocycles. The molecule has 0 aromatic heterocycles. The summed E-state index contributed by atoms with van der Waals surface area (Å²) in [6.45, 7) is 0. The molecule has 1 fully saturated rings. The summed E-state index contributed by atoms with van der Waals surface area (Å²) in [7, 11) is 0. The summed E-state index contributed by atoms with van der Waals surface area (Å²) in [5.74, 6) is -2.44. The average Bonchev–Trinajstić information content (AvgIpc) is 2.67. The zero-order chi connectivity index (χ0) is 21.2. The van der Waals surface area contributed by atoms with Crippen molar-refractivity contribution in [1.82, 2.24) is 10.2 Å². The summed E-state index contributed by atoms with van der Waals surface area (Å²) in [5.41, 5.74) is -1.18. The molecule has 3 rings (SSSR count). The van der Waals surface area contributed by atoms with Gasteiger partial charge in [-0.2, -0.15) is 13.2 Å². The number of nitrogens with zero attached hydrogens (tertiary/aromatic N) is 1. The number of amides is 2. The molecule has 0 spiro atoms. The highest BCUT2D eigenvalue weighted by Gasteiger charge is 2.41. The lowest BCUT2D eigenvalue weighted by molar-refractivity contribution is -0.156. The first kappa shape index (κ1) is 20.9. The van der Waals surface area contributed by atoms with Crippen molar-refractivity contribution in [2.75, 3.05) is 0 Å². The topological polar surface area (TPSA) is 86.7 Å². The Bertz CT molecular complexity index is 837. The van der Waals surface area contributed by atoms with Crippen molar-refractivity contribution in [3.05, 3.63) is 47.5 Å². The minimum Gasteiger partial charge on any atom is -0.480 e. The molecule has 2 aliphatic heterocycles. The van der Waals surface area contributed by atoms with Crippen LogP contribution in [-0.2, 0) is 15.8 Å². The third-order valence-electron chi connectivity index (χ3n) is 5.29. The van der Waals surface area contributed by atoms with E-state index in [0.717, 1.165) is 18.2 Å². The van der Waals surface area contributed by atoms with Gasteiger partial charge in [0.25, 0.3) is 5.91 Å². The second kappa shape index (κ2) is 8.26. The van der Waals surface area contributed by atoms with Crippen molar-refractivity contribution in [2.24, 2.45) is 0 Å². The van der Waals surface area contributed by atoms with Crippen molar-refractivity contribution in [2.45, 2.75) is 56.4 Å². The van der Waals surface area contributed by atoms with Gasteiger partial charge < -0.3 is 15.3 Å². The maximum atomic E-state index is 13.1. The molecule has 1 aromatic carbocycles. The zero-order valence-corrected chi connectivity index (χ0v) is 15.5. The van der Waals surface area contributed by atoms with E-state index in [4.69, 9.17) is 0 Å². The van der Waals surface area contributed by atoms with Crippen LogP contribution in [0.4, 0.5) is 13.2 Å². The molecule has 29 heavy (non-hydrogen) atoms. The van der Waals surface area contributed by atoms with Gasteiger partial charge in [0.2, 0.25) is 5.91 Å². The third kappa shape index (κ3) is 4.60. The van der Waals surface area contributed by atoms with Crippen molar-refractivity contribution in [1.29, 1.82) is 0 Å². The number of fused-ring (bicyclic) bond motifs is 1. The second-order valence-corrected chi connectivity index (χ2v) is 7.23. The van der Waals surface area contributed by atoms with Crippen LogP contribution in [-0.4, -0.2) is 45.9 Å². The molecular formula is C20H21F3N2O4. The summed E-state index contributed by atoms with van der Waals surface area (Å²) in [5, 5.41) is 12.0. The Balaban J connectivity index is 1.83. The van der Waals surface area contributed by atoms with Crippen molar-refractivity contribution in [3.8, 4) is 0 Å². The van der Waals surface area contributed by atoms with E-state index in [9.17, 15) is 32.7 Å². The third-order valence-corrected chi connectivity index (χ3v) is 5.29. The van der Waals surface area contributed by atoms with Gasteiger partial charge in [-0.25, -0.2) is 4.79 Å². The summed E-state index contributed by atoms with van der Waals surface area (Å²) < 4.78 is 38.7. The number of hydrogen-bond donors (Lipinski definition) is 2. The first-order chi connectivity index (χ1) is 13.7. The molecule has 3 atom stereocenters. The maximum Gasteiger partial charge on any atom is 0.416 e. The molecule has 2 amide bonds. The number of benzene rings is 1. The molecule has 0 radical (unpaired) electrons. The average molecular weight is 410 g/mol. The number of carboxylic acids is 1. The first-order valence-electron chi connectivity index (χ1n) is 9.36. The number of nitrogens with one attached hydrogen (secondary N) is 1. The molecule has 0 aliphatic carbocycles. The van der Waals surface area contributed by atoms with Crippen LogP contribution >= 0.6 is 0 Å². The number of carbonyl (C=O) groups is 3. The van der Waals surface area contributed by atoms with E-state index in [2.05, 4.69) is 5.32 Å².